The number of methoxy groups -OCH3 is 1. The molecule has 0 bridgehead atoms. The van der Waals surface area contributed by atoms with E-state index in [9.17, 15) is 4.79 Å². The Morgan fingerprint density at radius 1 is 1.69 bits per heavy atom. The molecule has 2 N–H and O–H groups in total. The number of carbonyl (C=O) groups is 1. The molecule has 0 saturated carbocycles. The number of hydrogen-bond acceptors (Lipinski definition) is 4. The van der Waals surface area contributed by atoms with Crippen LogP contribution in [0.3, 0.4) is 0 Å². The van der Waals surface area contributed by atoms with Crippen molar-refractivity contribution in [2.75, 3.05) is 19.0 Å². The van der Waals surface area contributed by atoms with E-state index in [2.05, 4.69) is 15.6 Å². The van der Waals surface area contributed by atoms with Crippen molar-refractivity contribution in [3.8, 4) is 0 Å². The fourth-order valence-electron chi connectivity index (χ4n) is 1.75. The van der Waals surface area contributed by atoms with Crippen LogP contribution in [0.1, 0.15) is 6.42 Å². The molecular formula is C11H15N3O2. The van der Waals surface area contributed by atoms with E-state index in [1.54, 1.807) is 25.6 Å². The van der Waals surface area contributed by atoms with Gasteiger partial charge in [0.2, 0.25) is 5.91 Å². The zero-order valence-corrected chi connectivity index (χ0v) is 9.14. The molecule has 1 amide bonds. The van der Waals surface area contributed by atoms with Gasteiger partial charge in [-0.3, -0.25) is 9.78 Å². The van der Waals surface area contributed by atoms with Crippen molar-refractivity contribution in [1.82, 2.24) is 10.3 Å². The van der Waals surface area contributed by atoms with Gasteiger partial charge in [0.05, 0.1) is 24.0 Å². The summed E-state index contributed by atoms with van der Waals surface area (Å²) in [7, 11) is 1.66. The van der Waals surface area contributed by atoms with Crippen LogP contribution >= 0.6 is 0 Å². The Hall–Kier alpha value is -1.46. The highest BCUT2D eigenvalue weighted by atomic mass is 16.5. The Balaban J connectivity index is 1.90. The standard InChI is InChI=1S/C11H15N3O2/c1-16-9-5-10(13-7-9)11(15)14-8-3-2-4-12-6-8/h2-4,6,9-10,13H,5,7H2,1H3,(H,14,15). The minimum absolute atomic E-state index is 0.0347. The number of anilines is 1. The Kier molecular flexibility index (Phi) is 3.48. The molecule has 5 nitrogen and oxygen atoms in total. The summed E-state index contributed by atoms with van der Waals surface area (Å²) in [5.41, 5.74) is 0.718. The topological polar surface area (TPSA) is 63.2 Å². The number of ether oxygens (including phenoxy) is 1. The molecule has 1 fully saturated rings. The normalized spacial score (nSPS) is 24.3. The lowest BCUT2D eigenvalue weighted by molar-refractivity contribution is -0.118. The number of hydrogen-bond donors (Lipinski definition) is 2. The third kappa shape index (κ3) is 2.56. The van der Waals surface area contributed by atoms with Gasteiger partial charge in [-0.15, -0.1) is 0 Å². The molecule has 86 valence electrons. The lowest BCUT2D eigenvalue weighted by Gasteiger charge is -2.10. The number of carbonyl (C=O) groups excluding carboxylic acids is 1. The summed E-state index contributed by atoms with van der Waals surface area (Å²) >= 11 is 0. The number of aromatic nitrogens is 1. The second-order valence-corrected chi connectivity index (χ2v) is 3.79. The van der Waals surface area contributed by atoms with Crippen LogP contribution in [-0.2, 0) is 9.53 Å². The van der Waals surface area contributed by atoms with E-state index < -0.39 is 0 Å². The zero-order valence-electron chi connectivity index (χ0n) is 9.14. The van der Waals surface area contributed by atoms with Gasteiger partial charge in [0, 0.05) is 19.9 Å². The van der Waals surface area contributed by atoms with Gasteiger partial charge < -0.3 is 15.4 Å². The molecule has 2 unspecified atom stereocenters. The number of amides is 1. The van der Waals surface area contributed by atoms with Crippen LogP contribution < -0.4 is 10.6 Å². The van der Waals surface area contributed by atoms with E-state index in [1.165, 1.54) is 0 Å². The van der Waals surface area contributed by atoms with Crippen LogP contribution in [0.5, 0.6) is 0 Å². The third-order valence-corrected chi connectivity index (χ3v) is 2.67. The van der Waals surface area contributed by atoms with Crippen molar-refractivity contribution in [1.29, 1.82) is 0 Å². The fraction of sp³-hybridized carbons (Fsp3) is 0.455. The largest absolute Gasteiger partial charge is 0.380 e. The van der Waals surface area contributed by atoms with Crippen molar-refractivity contribution in [2.45, 2.75) is 18.6 Å². The van der Waals surface area contributed by atoms with E-state index in [0.717, 1.165) is 12.2 Å². The summed E-state index contributed by atoms with van der Waals surface area (Å²) in [5, 5.41) is 5.93. The molecule has 1 aromatic heterocycles. The monoisotopic (exact) mass is 221 g/mol. The molecule has 0 radical (unpaired) electrons. The molecule has 1 saturated heterocycles. The van der Waals surface area contributed by atoms with Crippen molar-refractivity contribution in [2.24, 2.45) is 0 Å². The number of nitrogens with one attached hydrogen (secondary N) is 2. The molecule has 16 heavy (non-hydrogen) atoms. The van der Waals surface area contributed by atoms with Gasteiger partial charge in [-0.25, -0.2) is 0 Å². The minimum Gasteiger partial charge on any atom is -0.380 e. The summed E-state index contributed by atoms with van der Waals surface area (Å²) in [5.74, 6) is -0.0347. The van der Waals surface area contributed by atoms with Crippen LogP contribution in [-0.4, -0.2) is 36.7 Å². The first-order valence-corrected chi connectivity index (χ1v) is 5.26. The van der Waals surface area contributed by atoms with E-state index >= 15 is 0 Å². The average Bonchev–Trinajstić information content (AvgIpc) is 2.79. The van der Waals surface area contributed by atoms with Crippen molar-refractivity contribution >= 4 is 11.6 Å². The highest BCUT2D eigenvalue weighted by Gasteiger charge is 2.29. The Morgan fingerprint density at radius 2 is 2.56 bits per heavy atom. The van der Waals surface area contributed by atoms with Gasteiger partial charge in [0.25, 0.3) is 0 Å². The summed E-state index contributed by atoms with van der Waals surface area (Å²) < 4.78 is 5.19. The first-order chi connectivity index (χ1) is 7.79. The van der Waals surface area contributed by atoms with Gasteiger partial charge in [-0.05, 0) is 18.6 Å². The van der Waals surface area contributed by atoms with Gasteiger partial charge in [0.1, 0.15) is 0 Å². The Labute approximate surface area is 94.2 Å². The smallest absolute Gasteiger partial charge is 0.241 e. The highest BCUT2D eigenvalue weighted by Crippen LogP contribution is 2.12. The lowest BCUT2D eigenvalue weighted by atomic mass is 10.2. The van der Waals surface area contributed by atoms with Crippen molar-refractivity contribution in [3.63, 3.8) is 0 Å². The second-order valence-electron chi connectivity index (χ2n) is 3.79. The molecule has 2 atom stereocenters. The fourth-order valence-corrected chi connectivity index (χ4v) is 1.75. The highest BCUT2D eigenvalue weighted by molar-refractivity contribution is 5.94. The molecule has 1 aromatic rings. The maximum absolute atomic E-state index is 11.8. The first kappa shape index (κ1) is 11.0. The van der Waals surface area contributed by atoms with E-state index in [4.69, 9.17) is 4.74 Å². The summed E-state index contributed by atoms with van der Waals surface area (Å²) in [6.07, 6.45) is 4.14. The predicted molar refractivity (Wildman–Crippen MR) is 60.1 cm³/mol. The number of nitrogens with zero attached hydrogens (tertiary/aromatic N) is 1. The Morgan fingerprint density at radius 3 is 3.19 bits per heavy atom. The maximum atomic E-state index is 11.8. The minimum atomic E-state index is -0.176. The van der Waals surface area contributed by atoms with Crippen molar-refractivity contribution in [3.05, 3.63) is 24.5 Å². The van der Waals surface area contributed by atoms with E-state index in [1.807, 2.05) is 6.07 Å². The number of rotatable bonds is 3. The zero-order chi connectivity index (χ0) is 11.4. The molecular weight excluding hydrogens is 206 g/mol. The second kappa shape index (κ2) is 5.05. The molecule has 2 rings (SSSR count). The molecule has 2 heterocycles. The lowest BCUT2D eigenvalue weighted by Crippen LogP contribution is -2.35. The maximum Gasteiger partial charge on any atom is 0.241 e. The van der Waals surface area contributed by atoms with Crippen LogP contribution in [0.25, 0.3) is 0 Å². The van der Waals surface area contributed by atoms with Crippen LogP contribution in [0.15, 0.2) is 24.5 Å². The van der Waals surface area contributed by atoms with E-state index in [-0.39, 0.29) is 18.1 Å². The quantitative estimate of drug-likeness (QED) is 0.775. The Bertz CT molecular complexity index is 356. The SMILES string of the molecule is COC1CNC(C(=O)Nc2cccnc2)C1. The third-order valence-electron chi connectivity index (χ3n) is 2.67. The molecule has 5 heteroatoms. The van der Waals surface area contributed by atoms with Crippen molar-refractivity contribution < 1.29 is 9.53 Å². The van der Waals surface area contributed by atoms with Gasteiger partial charge >= 0.3 is 0 Å². The first-order valence-electron chi connectivity index (χ1n) is 5.26. The average molecular weight is 221 g/mol. The predicted octanol–water partition coefficient (Wildman–Crippen LogP) is 0.397. The van der Waals surface area contributed by atoms with Crippen LogP contribution in [0.4, 0.5) is 5.69 Å². The van der Waals surface area contributed by atoms with Gasteiger partial charge in [-0.2, -0.15) is 0 Å². The molecule has 1 aliphatic rings. The summed E-state index contributed by atoms with van der Waals surface area (Å²) in [6, 6.07) is 3.42. The van der Waals surface area contributed by atoms with Crippen LogP contribution in [0.2, 0.25) is 0 Å². The molecule has 0 spiro atoms. The van der Waals surface area contributed by atoms with Crippen LogP contribution in [0, 0.1) is 0 Å². The van der Waals surface area contributed by atoms with E-state index in [0.29, 0.717) is 6.42 Å². The van der Waals surface area contributed by atoms with Gasteiger partial charge in [0.15, 0.2) is 0 Å². The molecule has 1 aliphatic heterocycles. The molecule has 0 aromatic carbocycles. The molecule has 0 aliphatic carbocycles. The van der Waals surface area contributed by atoms with Gasteiger partial charge in [-0.1, -0.05) is 0 Å². The number of pyridine rings is 1. The summed E-state index contributed by atoms with van der Waals surface area (Å²) in [4.78, 5) is 15.8. The summed E-state index contributed by atoms with van der Waals surface area (Å²) in [6.45, 7) is 0.724.